The fourth-order valence-electron chi connectivity index (χ4n) is 1.02. The van der Waals surface area contributed by atoms with Gasteiger partial charge in [0.15, 0.2) is 0 Å². The predicted molar refractivity (Wildman–Crippen MR) is 51.0 cm³/mol. The van der Waals surface area contributed by atoms with E-state index in [1.165, 1.54) is 0 Å². The zero-order valence-electron chi connectivity index (χ0n) is 7.58. The molecule has 0 fully saturated rings. The Hall–Kier alpha value is -1.42. The van der Waals surface area contributed by atoms with E-state index in [0.717, 1.165) is 5.56 Å². The van der Waals surface area contributed by atoms with Gasteiger partial charge in [-0.05, 0) is 24.6 Å². The number of nitrogens with two attached hydrogens (primary N) is 1. The monoisotopic (exact) mass is 179 g/mol. The molecule has 70 valence electrons. The number of nitrogens with zero attached hydrogens (tertiary/aromatic N) is 1. The van der Waals surface area contributed by atoms with Crippen LogP contribution in [0.4, 0.5) is 11.4 Å². The molecule has 0 aromatic heterocycles. The van der Waals surface area contributed by atoms with Crippen molar-refractivity contribution in [3.63, 3.8) is 0 Å². The molecule has 0 aliphatic rings. The zero-order chi connectivity index (χ0) is 9.68. The molecule has 0 radical (unpaired) electrons. The lowest BCUT2D eigenvalue weighted by Gasteiger charge is -2.03. The van der Waals surface area contributed by atoms with Crippen LogP contribution in [0.1, 0.15) is 12.5 Å². The molecule has 0 bridgehead atoms. The van der Waals surface area contributed by atoms with Gasteiger partial charge in [-0.25, -0.2) is 5.53 Å². The quantitative estimate of drug-likeness (QED) is 0.550. The van der Waals surface area contributed by atoms with Gasteiger partial charge in [0.25, 0.3) is 0 Å². The van der Waals surface area contributed by atoms with Crippen LogP contribution < -0.4 is 5.73 Å². The number of ether oxygens (including phenoxy) is 1. The number of anilines is 1. The minimum Gasteiger partial charge on any atom is -0.397 e. The highest BCUT2D eigenvalue weighted by Gasteiger charge is 1.98. The third kappa shape index (κ3) is 2.52. The smallest absolute Gasteiger partial charge is 0.108 e. The van der Waals surface area contributed by atoms with Crippen LogP contribution in [0.3, 0.4) is 0 Å². The predicted octanol–water partition coefficient (Wildman–Crippen LogP) is 2.47. The Balaban J connectivity index is 2.77. The van der Waals surface area contributed by atoms with E-state index in [2.05, 4.69) is 5.11 Å². The first-order valence-corrected chi connectivity index (χ1v) is 4.11. The number of hydrogen-bond acceptors (Lipinski definition) is 4. The van der Waals surface area contributed by atoms with Gasteiger partial charge < -0.3 is 10.5 Å². The molecule has 1 rings (SSSR count). The van der Waals surface area contributed by atoms with Crippen LogP contribution in [-0.4, -0.2) is 6.61 Å². The maximum Gasteiger partial charge on any atom is 0.108 e. The minimum absolute atomic E-state index is 0.500. The molecule has 0 saturated carbocycles. The highest BCUT2D eigenvalue weighted by Crippen LogP contribution is 2.22. The fourth-order valence-corrected chi connectivity index (χ4v) is 1.02. The van der Waals surface area contributed by atoms with Crippen molar-refractivity contribution in [1.29, 1.82) is 5.53 Å². The molecule has 0 saturated heterocycles. The summed E-state index contributed by atoms with van der Waals surface area (Å²) < 4.78 is 5.22. The summed E-state index contributed by atoms with van der Waals surface area (Å²) in [4.78, 5) is 0. The summed E-state index contributed by atoms with van der Waals surface area (Å²) in [5, 5.41) is 3.28. The van der Waals surface area contributed by atoms with E-state index in [1.54, 1.807) is 12.1 Å². The third-order valence-electron chi connectivity index (χ3n) is 1.69. The second-order valence-corrected chi connectivity index (χ2v) is 2.64. The van der Waals surface area contributed by atoms with E-state index in [4.69, 9.17) is 16.0 Å². The second-order valence-electron chi connectivity index (χ2n) is 2.64. The number of nitrogens with one attached hydrogen (secondary N) is 1. The van der Waals surface area contributed by atoms with Crippen molar-refractivity contribution in [2.45, 2.75) is 13.5 Å². The van der Waals surface area contributed by atoms with Crippen LogP contribution in [0.5, 0.6) is 0 Å². The van der Waals surface area contributed by atoms with E-state index >= 15 is 0 Å². The van der Waals surface area contributed by atoms with Gasteiger partial charge in [-0.3, -0.25) is 0 Å². The summed E-state index contributed by atoms with van der Waals surface area (Å²) in [5.41, 5.74) is 14.5. The largest absolute Gasteiger partial charge is 0.397 e. The van der Waals surface area contributed by atoms with Crippen LogP contribution in [-0.2, 0) is 11.3 Å². The van der Waals surface area contributed by atoms with Gasteiger partial charge in [0, 0.05) is 6.61 Å². The van der Waals surface area contributed by atoms with Crippen molar-refractivity contribution >= 4 is 11.4 Å². The topological polar surface area (TPSA) is 71.5 Å². The Morgan fingerprint density at radius 2 is 2.31 bits per heavy atom. The molecule has 1 aromatic rings. The van der Waals surface area contributed by atoms with E-state index in [0.29, 0.717) is 24.6 Å². The lowest BCUT2D eigenvalue weighted by atomic mass is 10.2. The lowest BCUT2D eigenvalue weighted by molar-refractivity contribution is 0.134. The average Bonchev–Trinajstić information content (AvgIpc) is 2.15. The van der Waals surface area contributed by atoms with Gasteiger partial charge in [-0.1, -0.05) is 6.07 Å². The summed E-state index contributed by atoms with van der Waals surface area (Å²) in [6.45, 7) is 3.18. The standard InChI is InChI=1S/C9H13N3O/c1-2-13-6-7-3-4-9(12-11)8(10)5-7/h3-5,11H,2,6,10H2,1H3. The highest BCUT2D eigenvalue weighted by atomic mass is 16.5. The first kappa shape index (κ1) is 9.67. The van der Waals surface area contributed by atoms with E-state index in [-0.39, 0.29) is 0 Å². The molecular weight excluding hydrogens is 166 g/mol. The molecule has 0 unspecified atom stereocenters. The normalized spacial score (nSPS) is 9.92. The van der Waals surface area contributed by atoms with Gasteiger partial charge in [0.05, 0.1) is 12.3 Å². The highest BCUT2D eigenvalue weighted by molar-refractivity contribution is 5.62. The van der Waals surface area contributed by atoms with E-state index < -0.39 is 0 Å². The van der Waals surface area contributed by atoms with Gasteiger partial charge in [0.2, 0.25) is 0 Å². The van der Waals surface area contributed by atoms with Crippen LogP contribution in [0.2, 0.25) is 0 Å². The molecule has 4 nitrogen and oxygen atoms in total. The number of rotatable bonds is 4. The summed E-state index contributed by atoms with van der Waals surface area (Å²) in [6, 6.07) is 5.36. The Kier molecular flexibility index (Phi) is 3.40. The molecule has 0 aliphatic carbocycles. The molecule has 0 amide bonds. The zero-order valence-corrected chi connectivity index (χ0v) is 7.58. The molecule has 3 N–H and O–H groups in total. The summed E-state index contributed by atoms with van der Waals surface area (Å²) in [5.74, 6) is 0. The molecular formula is C9H13N3O. The first-order valence-electron chi connectivity index (χ1n) is 4.11. The van der Waals surface area contributed by atoms with Crippen molar-refractivity contribution in [2.24, 2.45) is 5.11 Å². The van der Waals surface area contributed by atoms with Crippen molar-refractivity contribution in [1.82, 2.24) is 0 Å². The minimum atomic E-state index is 0.500. The summed E-state index contributed by atoms with van der Waals surface area (Å²) in [7, 11) is 0. The SMILES string of the molecule is CCOCc1ccc(N=N)c(N)c1. The molecule has 4 heteroatoms. The Bertz CT molecular complexity index is 299. The molecule has 0 heterocycles. The first-order chi connectivity index (χ1) is 6.27. The number of nitrogen functional groups attached to an aromatic ring is 1. The maximum atomic E-state index is 6.81. The van der Waals surface area contributed by atoms with Crippen molar-refractivity contribution < 1.29 is 4.74 Å². The lowest BCUT2D eigenvalue weighted by Crippen LogP contribution is -1.93. The Morgan fingerprint density at radius 3 is 2.85 bits per heavy atom. The van der Waals surface area contributed by atoms with E-state index in [9.17, 15) is 0 Å². The third-order valence-corrected chi connectivity index (χ3v) is 1.69. The molecule has 13 heavy (non-hydrogen) atoms. The number of hydrogen-bond donors (Lipinski definition) is 2. The Morgan fingerprint density at radius 1 is 1.54 bits per heavy atom. The van der Waals surface area contributed by atoms with Crippen LogP contribution >= 0.6 is 0 Å². The molecule has 0 atom stereocenters. The molecule has 0 spiro atoms. The van der Waals surface area contributed by atoms with Crippen molar-refractivity contribution in [3.8, 4) is 0 Å². The Labute approximate surface area is 77.2 Å². The van der Waals surface area contributed by atoms with Gasteiger partial charge in [-0.2, -0.15) is 5.11 Å². The second kappa shape index (κ2) is 4.57. The van der Waals surface area contributed by atoms with Crippen LogP contribution in [0.15, 0.2) is 23.3 Å². The van der Waals surface area contributed by atoms with Gasteiger partial charge >= 0.3 is 0 Å². The number of benzene rings is 1. The van der Waals surface area contributed by atoms with Crippen LogP contribution in [0.25, 0.3) is 0 Å². The fraction of sp³-hybridized carbons (Fsp3) is 0.333. The molecule has 0 aliphatic heterocycles. The van der Waals surface area contributed by atoms with Crippen LogP contribution in [0, 0.1) is 5.53 Å². The summed E-state index contributed by atoms with van der Waals surface area (Å²) >= 11 is 0. The maximum absolute atomic E-state index is 6.81. The van der Waals surface area contributed by atoms with Gasteiger partial charge in [0.1, 0.15) is 5.69 Å². The van der Waals surface area contributed by atoms with Gasteiger partial charge in [-0.15, -0.1) is 0 Å². The molecule has 1 aromatic carbocycles. The van der Waals surface area contributed by atoms with Crippen molar-refractivity contribution in [2.75, 3.05) is 12.3 Å². The van der Waals surface area contributed by atoms with E-state index in [1.807, 2.05) is 13.0 Å². The average molecular weight is 179 g/mol. The summed E-state index contributed by atoms with van der Waals surface area (Å²) in [6.07, 6.45) is 0. The van der Waals surface area contributed by atoms with Crippen molar-refractivity contribution in [3.05, 3.63) is 23.8 Å².